The van der Waals surface area contributed by atoms with Crippen LogP contribution < -0.4 is 32.4 Å². The van der Waals surface area contributed by atoms with Crippen LogP contribution in [0.15, 0.2) is 47.6 Å². The van der Waals surface area contributed by atoms with Gasteiger partial charge in [-0.2, -0.15) is 11.1 Å². The molecule has 3 rings (SSSR count). The Hall–Kier alpha value is -2.08. The van der Waals surface area contributed by atoms with Crippen molar-refractivity contribution in [3.63, 3.8) is 0 Å². The minimum absolute atomic E-state index is 0.189. The molecule has 0 spiro atoms. The number of nitrogens with two attached hydrogens (primary N) is 1. The number of rotatable bonds is 5. The Labute approximate surface area is 133 Å². The molecule has 0 unspecified atom stereocenters. The van der Waals surface area contributed by atoms with Crippen molar-refractivity contribution in [2.75, 3.05) is 5.32 Å². The zero-order chi connectivity index (χ0) is 16.3. The van der Waals surface area contributed by atoms with Crippen LogP contribution in [-0.4, -0.2) is 13.4 Å². The van der Waals surface area contributed by atoms with E-state index >= 15 is 0 Å². The molecular formula is C13H17N7O2S. The van der Waals surface area contributed by atoms with Crippen molar-refractivity contribution in [3.8, 4) is 0 Å². The van der Waals surface area contributed by atoms with E-state index in [1.807, 2.05) is 30.3 Å². The molecule has 122 valence electrons. The molecule has 1 aromatic carbocycles. The van der Waals surface area contributed by atoms with E-state index in [0.29, 0.717) is 17.8 Å². The van der Waals surface area contributed by atoms with Gasteiger partial charge >= 0.3 is 0 Å². The first-order chi connectivity index (χ1) is 11.1. The maximum atomic E-state index is 11.8. The molecule has 0 amide bonds. The number of aromatic nitrogens is 1. The number of nitrogens with one attached hydrogen (secondary N) is 5. The summed E-state index contributed by atoms with van der Waals surface area (Å²) in [5.74, 6) is 0. The summed E-state index contributed by atoms with van der Waals surface area (Å²) in [6.45, 7) is 0.537. The highest BCUT2D eigenvalue weighted by Crippen LogP contribution is 2.27. The number of anilines is 1. The lowest BCUT2D eigenvalue weighted by atomic mass is 10.1. The standard InChI is InChI=1S/C13H17N7O2S/c14-23(21,22)13-11(12-17-19-20-18-12)10(6-7-15-13)16-8-9-4-2-1-3-5-9/h1-7,12,17-20H,8H2,(H,15,16)(H2,14,21,22). The van der Waals surface area contributed by atoms with Gasteiger partial charge in [0.2, 0.25) is 0 Å². The highest BCUT2D eigenvalue weighted by molar-refractivity contribution is 7.89. The summed E-state index contributed by atoms with van der Waals surface area (Å²) in [6.07, 6.45) is 0.891. The van der Waals surface area contributed by atoms with Gasteiger partial charge in [0.15, 0.2) is 5.03 Å². The van der Waals surface area contributed by atoms with E-state index in [9.17, 15) is 8.42 Å². The molecule has 0 saturated carbocycles. The summed E-state index contributed by atoms with van der Waals surface area (Å²) < 4.78 is 23.7. The van der Waals surface area contributed by atoms with E-state index in [1.54, 1.807) is 6.07 Å². The van der Waals surface area contributed by atoms with Crippen molar-refractivity contribution in [3.05, 3.63) is 53.7 Å². The minimum atomic E-state index is -3.96. The van der Waals surface area contributed by atoms with E-state index in [4.69, 9.17) is 5.14 Å². The van der Waals surface area contributed by atoms with Gasteiger partial charge in [0, 0.05) is 24.0 Å². The monoisotopic (exact) mass is 335 g/mol. The Morgan fingerprint density at radius 3 is 2.48 bits per heavy atom. The second kappa shape index (κ2) is 6.58. The number of nitrogens with zero attached hydrogens (tertiary/aromatic N) is 1. The second-order valence-electron chi connectivity index (χ2n) is 4.93. The Morgan fingerprint density at radius 2 is 1.83 bits per heavy atom. The molecule has 2 aromatic rings. The molecule has 0 bridgehead atoms. The number of benzene rings is 1. The molecule has 0 radical (unpaired) electrons. The fraction of sp³-hybridized carbons (Fsp3) is 0.154. The van der Waals surface area contributed by atoms with E-state index in [1.165, 1.54) is 6.20 Å². The molecule has 23 heavy (non-hydrogen) atoms. The molecule has 1 saturated heterocycles. The molecule has 1 aliphatic rings. The smallest absolute Gasteiger partial charge is 0.255 e. The average molecular weight is 335 g/mol. The van der Waals surface area contributed by atoms with Crippen LogP contribution in [0.1, 0.15) is 17.3 Å². The van der Waals surface area contributed by atoms with E-state index < -0.39 is 16.2 Å². The topological polar surface area (TPSA) is 133 Å². The zero-order valence-corrected chi connectivity index (χ0v) is 12.9. The lowest BCUT2D eigenvalue weighted by Gasteiger charge is -2.18. The largest absolute Gasteiger partial charge is 0.381 e. The van der Waals surface area contributed by atoms with Gasteiger partial charge in [0.05, 0.1) is 0 Å². The van der Waals surface area contributed by atoms with Crippen LogP contribution >= 0.6 is 0 Å². The van der Waals surface area contributed by atoms with Crippen molar-refractivity contribution in [2.45, 2.75) is 17.7 Å². The van der Waals surface area contributed by atoms with Crippen LogP contribution in [0.4, 0.5) is 5.69 Å². The van der Waals surface area contributed by atoms with Gasteiger partial charge in [-0.15, -0.1) is 0 Å². The van der Waals surface area contributed by atoms with Crippen molar-refractivity contribution in [2.24, 2.45) is 5.14 Å². The normalized spacial score (nSPS) is 15.7. The van der Waals surface area contributed by atoms with Crippen molar-refractivity contribution >= 4 is 15.7 Å². The molecule has 7 N–H and O–H groups in total. The number of hydrogen-bond acceptors (Lipinski definition) is 8. The molecule has 0 aliphatic carbocycles. The number of sulfonamides is 1. The van der Waals surface area contributed by atoms with Gasteiger partial charge < -0.3 is 5.32 Å². The van der Waals surface area contributed by atoms with Gasteiger partial charge in [-0.05, 0) is 11.6 Å². The van der Waals surface area contributed by atoms with Gasteiger partial charge in [-0.1, -0.05) is 30.3 Å². The Balaban J connectivity index is 1.95. The highest BCUT2D eigenvalue weighted by atomic mass is 32.2. The summed E-state index contributed by atoms with van der Waals surface area (Å²) in [6, 6.07) is 11.5. The molecule has 10 heteroatoms. The Bertz CT molecular complexity index is 776. The summed E-state index contributed by atoms with van der Waals surface area (Å²) >= 11 is 0. The Morgan fingerprint density at radius 1 is 1.13 bits per heavy atom. The van der Waals surface area contributed by atoms with Crippen LogP contribution in [0.25, 0.3) is 0 Å². The van der Waals surface area contributed by atoms with Crippen LogP contribution in [-0.2, 0) is 16.6 Å². The third-order valence-corrected chi connectivity index (χ3v) is 4.20. The molecule has 0 atom stereocenters. The maximum absolute atomic E-state index is 11.8. The fourth-order valence-corrected chi connectivity index (χ4v) is 3.05. The van der Waals surface area contributed by atoms with Gasteiger partial charge in [0.1, 0.15) is 6.17 Å². The van der Waals surface area contributed by atoms with Crippen molar-refractivity contribution in [1.29, 1.82) is 0 Å². The van der Waals surface area contributed by atoms with Crippen LogP contribution in [0.5, 0.6) is 0 Å². The maximum Gasteiger partial charge on any atom is 0.255 e. The van der Waals surface area contributed by atoms with Crippen molar-refractivity contribution < 1.29 is 8.42 Å². The van der Waals surface area contributed by atoms with Crippen LogP contribution in [0.2, 0.25) is 0 Å². The Kier molecular flexibility index (Phi) is 4.52. The van der Waals surface area contributed by atoms with E-state index in [0.717, 1.165) is 5.56 Å². The van der Waals surface area contributed by atoms with Crippen molar-refractivity contribution in [1.82, 2.24) is 26.9 Å². The first kappa shape index (κ1) is 15.8. The van der Waals surface area contributed by atoms with Crippen LogP contribution in [0, 0.1) is 0 Å². The molecular weight excluding hydrogens is 318 g/mol. The average Bonchev–Trinajstić information content (AvgIpc) is 3.07. The first-order valence-electron chi connectivity index (χ1n) is 6.86. The third-order valence-electron chi connectivity index (χ3n) is 3.33. The summed E-state index contributed by atoms with van der Waals surface area (Å²) in [5, 5.41) is 8.32. The van der Waals surface area contributed by atoms with E-state index in [2.05, 4.69) is 32.2 Å². The lowest BCUT2D eigenvalue weighted by Crippen LogP contribution is -2.33. The third kappa shape index (κ3) is 3.64. The summed E-state index contributed by atoms with van der Waals surface area (Å²) in [7, 11) is -3.96. The number of hydrogen-bond donors (Lipinski definition) is 6. The predicted octanol–water partition coefficient (Wildman–Crippen LogP) is -0.543. The molecule has 1 aromatic heterocycles. The van der Waals surface area contributed by atoms with Crippen LogP contribution in [0.3, 0.4) is 0 Å². The number of primary sulfonamides is 1. The minimum Gasteiger partial charge on any atom is -0.381 e. The molecule has 2 heterocycles. The zero-order valence-electron chi connectivity index (χ0n) is 12.1. The van der Waals surface area contributed by atoms with Gasteiger partial charge in [0.25, 0.3) is 10.0 Å². The van der Waals surface area contributed by atoms with Gasteiger partial charge in [-0.25, -0.2) is 29.4 Å². The quantitative estimate of drug-likeness (QED) is 0.429. The SMILES string of the molecule is NS(=O)(=O)c1nccc(NCc2ccccc2)c1C1NNNN1. The number of hydrazine groups is 3. The molecule has 1 aliphatic heterocycles. The van der Waals surface area contributed by atoms with Gasteiger partial charge in [-0.3, -0.25) is 0 Å². The predicted molar refractivity (Wildman–Crippen MR) is 84.7 cm³/mol. The summed E-state index contributed by atoms with van der Waals surface area (Å²) in [5.41, 5.74) is 13.1. The first-order valence-corrected chi connectivity index (χ1v) is 8.41. The highest BCUT2D eigenvalue weighted by Gasteiger charge is 2.27. The molecule has 9 nitrogen and oxygen atoms in total. The van der Waals surface area contributed by atoms with E-state index in [-0.39, 0.29) is 5.03 Å². The fourth-order valence-electron chi connectivity index (χ4n) is 2.30. The number of pyridine rings is 1. The molecule has 1 fully saturated rings. The second-order valence-corrected chi connectivity index (χ2v) is 6.41. The lowest BCUT2D eigenvalue weighted by molar-refractivity contribution is 0.534. The summed E-state index contributed by atoms with van der Waals surface area (Å²) in [4.78, 5) is 3.92.